The van der Waals surface area contributed by atoms with Crippen LogP contribution in [-0.2, 0) is 0 Å². The first-order valence-electron chi connectivity index (χ1n) is 5.68. The van der Waals surface area contributed by atoms with Crippen molar-refractivity contribution in [1.29, 1.82) is 0 Å². The number of hydrogen-bond acceptors (Lipinski definition) is 5. The third-order valence-corrected chi connectivity index (χ3v) is 3.71. The molecule has 4 N–H and O–H groups in total. The van der Waals surface area contributed by atoms with E-state index in [0.717, 1.165) is 11.5 Å². The van der Waals surface area contributed by atoms with Gasteiger partial charge in [-0.2, -0.15) is 4.37 Å². The summed E-state index contributed by atoms with van der Waals surface area (Å²) in [4.78, 5) is 11.6. The number of nitrogens with two attached hydrogens (primary N) is 1. The van der Waals surface area contributed by atoms with Gasteiger partial charge >= 0.3 is 0 Å². The highest BCUT2D eigenvalue weighted by atomic mass is 32.1. The summed E-state index contributed by atoms with van der Waals surface area (Å²) in [5.41, 5.74) is 6.13. The molecule has 0 saturated carbocycles. The molecule has 0 spiro atoms. The van der Waals surface area contributed by atoms with Crippen LogP contribution in [0.15, 0.2) is 0 Å². The molecule has 0 radical (unpaired) electrons. The monoisotopic (exact) mass is 256 g/mol. The van der Waals surface area contributed by atoms with Gasteiger partial charge in [0.25, 0.3) is 5.91 Å². The van der Waals surface area contributed by atoms with E-state index in [2.05, 4.69) is 35.8 Å². The molecule has 1 amide bonds. The van der Waals surface area contributed by atoms with Gasteiger partial charge in [0, 0.05) is 13.6 Å². The van der Waals surface area contributed by atoms with E-state index in [1.54, 1.807) is 7.05 Å². The molecule has 1 rings (SSSR count). The Morgan fingerprint density at radius 3 is 2.65 bits per heavy atom. The van der Waals surface area contributed by atoms with Crippen LogP contribution >= 0.6 is 11.5 Å². The van der Waals surface area contributed by atoms with E-state index in [4.69, 9.17) is 5.73 Å². The van der Waals surface area contributed by atoms with Crippen LogP contribution in [-0.4, -0.2) is 23.9 Å². The fraction of sp³-hybridized carbons (Fsp3) is 0.636. The lowest BCUT2D eigenvalue weighted by molar-refractivity contribution is 0.0965. The fourth-order valence-corrected chi connectivity index (χ4v) is 1.97. The molecule has 1 atom stereocenters. The molecule has 0 saturated heterocycles. The van der Waals surface area contributed by atoms with Gasteiger partial charge in [-0.1, -0.05) is 20.8 Å². The normalized spacial score (nSPS) is 12.5. The molecule has 6 heteroatoms. The van der Waals surface area contributed by atoms with Gasteiger partial charge in [0.1, 0.15) is 10.6 Å². The van der Waals surface area contributed by atoms with Crippen molar-refractivity contribution in [2.24, 2.45) is 11.8 Å². The second-order valence-corrected chi connectivity index (χ2v) is 5.23. The van der Waals surface area contributed by atoms with E-state index in [-0.39, 0.29) is 11.7 Å². The van der Waals surface area contributed by atoms with Crippen LogP contribution in [0, 0.1) is 11.8 Å². The number of rotatable bonds is 5. The lowest BCUT2D eigenvalue weighted by Gasteiger charge is -2.16. The first-order chi connectivity index (χ1) is 7.97. The molecule has 1 unspecified atom stereocenters. The van der Waals surface area contributed by atoms with Crippen LogP contribution in [0.3, 0.4) is 0 Å². The molecule has 1 heterocycles. The summed E-state index contributed by atoms with van der Waals surface area (Å²) in [6.07, 6.45) is 0. The van der Waals surface area contributed by atoms with Crippen molar-refractivity contribution in [3.8, 4) is 0 Å². The Hall–Kier alpha value is -1.30. The molecular formula is C11H20N4OS. The smallest absolute Gasteiger partial charge is 0.257 e. The highest BCUT2D eigenvalue weighted by Gasteiger charge is 2.18. The maximum absolute atomic E-state index is 11.6. The van der Waals surface area contributed by atoms with E-state index in [1.165, 1.54) is 11.5 Å². The van der Waals surface area contributed by atoms with Gasteiger partial charge in [0.2, 0.25) is 0 Å². The molecular weight excluding hydrogens is 236 g/mol. The first kappa shape index (κ1) is 13.8. The molecule has 0 aliphatic carbocycles. The predicted molar refractivity (Wildman–Crippen MR) is 72.4 cm³/mol. The number of hydrogen-bond donors (Lipinski definition) is 3. The van der Waals surface area contributed by atoms with Crippen molar-refractivity contribution in [3.63, 3.8) is 0 Å². The number of carbonyl (C=O) groups excluding carboxylic acids is 1. The Morgan fingerprint density at radius 2 is 2.12 bits per heavy atom. The molecule has 1 aromatic heterocycles. The standard InChI is InChI=1S/C11H20N4OS/c1-6(2)7(3)5-14-11-8(10(16)13-4)9(12)15-17-11/h6-7,14H,5H2,1-4H3,(H2,12,15)(H,13,16). The maximum Gasteiger partial charge on any atom is 0.257 e. The van der Waals surface area contributed by atoms with Gasteiger partial charge in [-0.3, -0.25) is 4.79 Å². The molecule has 96 valence electrons. The lowest BCUT2D eigenvalue weighted by Crippen LogP contribution is -2.21. The average molecular weight is 256 g/mol. The predicted octanol–water partition coefficient (Wildman–Crippen LogP) is 1.79. The minimum Gasteiger partial charge on any atom is -0.382 e. The maximum atomic E-state index is 11.6. The topological polar surface area (TPSA) is 80.0 Å². The van der Waals surface area contributed by atoms with Crippen LogP contribution in [0.2, 0.25) is 0 Å². The van der Waals surface area contributed by atoms with E-state index in [9.17, 15) is 4.79 Å². The summed E-state index contributed by atoms with van der Waals surface area (Å²) in [6, 6.07) is 0. The number of amides is 1. The van der Waals surface area contributed by atoms with Crippen molar-refractivity contribution in [2.45, 2.75) is 20.8 Å². The zero-order valence-electron chi connectivity index (χ0n) is 10.7. The number of nitrogens with zero attached hydrogens (tertiary/aromatic N) is 1. The number of nitrogen functional groups attached to an aromatic ring is 1. The van der Waals surface area contributed by atoms with Crippen LogP contribution in [0.1, 0.15) is 31.1 Å². The summed E-state index contributed by atoms with van der Waals surface area (Å²) in [7, 11) is 1.58. The highest BCUT2D eigenvalue weighted by Crippen LogP contribution is 2.27. The highest BCUT2D eigenvalue weighted by molar-refractivity contribution is 7.11. The largest absolute Gasteiger partial charge is 0.382 e. The lowest BCUT2D eigenvalue weighted by atomic mass is 9.98. The summed E-state index contributed by atoms with van der Waals surface area (Å²) in [5, 5.41) is 6.56. The summed E-state index contributed by atoms with van der Waals surface area (Å²) in [6.45, 7) is 7.32. The first-order valence-corrected chi connectivity index (χ1v) is 6.45. The van der Waals surface area contributed by atoms with E-state index < -0.39 is 0 Å². The Bertz CT molecular complexity index is 389. The Balaban J connectivity index is 2.75. The van der Waals surface area contributed by atoms with Crippen molar-refractivity contribution in [2.75, 3.05) is 24.6 Å². The molecule has 5 nitrogen and oxygen atoms in total. The van der Waals surface area contributed by atoms with Gasteiger partial charge in [0.05, 0.1) is 0 Å². The zero-order chi connectivity index (χ0) is 13.0. The Kier molecular flexibility index (Phi) is 4.74. The van der Waals surface area contributed by atoms with E-state index >= 15 is 0 Å². The minimum absolute atomic E-state index is 0.198. The van der Waals surface area contributed by atoms with Crippen molar-refractivity contribution in [3.05, 3.63) is 5.56 Å². The van der Waals surface area contributed by atoms with Crippen LogP contribution in [0.4, 0.5) is 10.8 Å². The molecule has 1 aromatic rings. The molecule has 0 bridgehead atoms. The molecule has 17 heavy (non-hydrogen) atoms. The number of carbonyl (C=O) groups is 1. The molecule has 0 aliphatic heterocycles. The van der Waals surface area contributed by atoms with Gasteiger partial charge in [-0.25, -0.2) is 0 Å². The second-order valence-electron chi connectivity index (χ2n) is 4.45. The Labute approximate surface area is 106 Å². The third kappa shape index (κ3) is 3.33. The van der Waals surface area contributed by atoms with Gasteiger partial charge in [-0.05, 0) is 23.4 Å². The minimum atomic E-state index is -0.198. The number of nitrogens with one attached hydrogen (secondary N) is 2. The van der Waals surface area contributed by atoms with Crippen LogP contribution < -0.4 is 16.4 Å². The Morgan fingerprint density at radius 1 is 1.47 bits per heavy atom. The summed E-state index contributed by atoms with van der Waals surface area (Å²) < 4.78 is 4.00. The average Bonchev–Trinajstić information content (AvgIpc) is 2.66. The molecule has 0 aliphatic rings. The van der Waals surface area contributed by atoms with E-state index in [1.807, 2.05) is 0 Å². The van der Waals surface area contributed by atoms with Gasteiger partial charge in [0.15, 0.2) is 5.82 Å². The fourth-order valence-electron chi connectivity index (χ4n) is 1.26. The molecule has 0 fully saturated rings. The quantitative estimate of drug-likeness (QED) is 0.750. The number of aromatic nitrogens is 1. The van der Waals surface area contributed by atoms with Crippen molar-refractivity contribution < 1.29 is 4.79 Å². The zero-order valence-corrected chi connectivity index (χ0v) is 11.5. The van der Waals surface area contributed by atoms with Crippen molar-refractivity contribution in [1.82, 2.24) is 9.69 Å². The van der Waals surface area contributed by atoms with Crippen LogP contribution in [0.25, 0.3) is 0 Å². The van der Waals surface area contributed by atoms with Gasteiger partial charge < -0.3 is 16.4 Å². The molecule has 0 aromatic carbocycles. The SMILES string of the molecule is CNC(=O)c1c(N)nsc1NCC(C)C(C)C. The van der Waals surface area contributed by atoms with E-state index in [0.29, 0.717) is 17.4 Å². The van der Waals surface area contributed by atoms with Crippen molar-refractivity contribution >= 4 is 28.3 Å². The third-order valence-electron chi connectivity index (χ3n) is 2.90. The second kappa shape index (κ2) is 5.86. The summed E-state index contributed by atoms with van der Waals surface area (Å²) in [5.74, 6) is 1.21. The summed E-state index contributed by atoms with van der Waals surface area (Å²) >= 11 is 1.23. The van der Waals surface area contributed by atoms with Crippen LogP contribution in [0.5, 0.6) is 0 Å². The number of anilines is 2. The van der Waals surface area contributed by atoms with Gasteiger partial charge in [-0.15, -0.1) is 0 Å².